The lowest BCUT2D eigenvalue weighted by atomic mass is 10.1. The van der Waals surface area contributed by atoms with E-state index in [0.717, 1.165) is 11.7 Å². The number of nitrogens with two attached hydrogens (primary N) is 1. The van der Waals surface area contributed by atoms with Crippen LogP contribution >= 0.6 is 11.8 Å². The highest BCUT2D eigenvalue weighted by molar-refractivity contribution is 7.99. The van der Waals surface area contributed by atoms with E-state index in [1.54, 1.807) is 18.7 Å². The molecule has 0 rings (SSSR count). The first kappa shape index (κ1) is 14.8. The fourth-order valence-corrected chi connectivity index (χ4v) is 2.53. The van der Waals surface area contributed by atoms with Crippen molar-refractivity contribution in [1.82, 2.24) is 0 Å². The molecule has 0 amide bonds. The molecule has 0 aliphatic rings. The molecule has 0 spiro atoms. The minimum Gasteiger partial charge on any atom is -0.465 e. The van der Waals surface area contributed by atoms with E-state index in [1.807, 2.05) is 0 Å². The molecule has 0 fully saturated rings. The van der Waals surface area contributed by atoms with Crippen molar-refractivity contribution in [2.45, 2.75) is 39.7 Å². The summed E-state index contributed by atoms with van der Waals surface area (Å²) in [5.74, 6) is 2.20. The first-order chi connectivity index (χ1) is 7.15. The van der Waals surface area contributed by atoms with Crippen LogP contribution in [0.25, 0.3) is 0 Å². The lowest BCUT2D eigenvalue weighted by molar-refractivity contribution is -0.144. The first-order valence-corrected chi connectivity index (χ1v) is 6.81. The van der Waals surface area contributed by atoms with Crippen LogP contribution < -0.4 is 5.73 Å². The maximum Gasteiger partial charge on any atom is 0.323 e. The Balaban J connectivity index is 3.61. The van der Waals surface area contributed by atoms with Crippen LogP contribution in [-0.4, -0.2) is 30.1 Å². The van der Waals surface area contributed by atoms with Crippen LogP contribution in [0.15, 0.2) is 0 Å². The van der Waals surface area contributed by atoms with Gasteiger partial charge in [0, 0.05) is 5.75 Å². The second-order valence-corrected chi connectivity index (χ2v) is 4.65. The van der Waals surface area contributed by atoms with Gasteiger partial charge in [-0.3, -0.25) is 4.79 Å². The van der Waals surface area contributed by atoms with Crippen LogP contribution in [0.1, 0.15) is 33.6 Å². The van der Waals surface area contributed by atoms with Crippen LogP contribution in [0.2, 0.25) is 0 Å². The standard InChI is InChI=1S/C11H23NO2S/c1-4-9(5-2)7-15-8-10(12)11(13)14-6-3/h9-10H,4-8,12H2,1-3H3. The molecule has 3 nitrogen and oxygen atoms in total. The molecule has 1 atom stereocenters. The molecule has 2 N–H and O–H groups in total. The van der Waals surface area contributed by atoms with Gasteiger partial charge in [-0.2, -0.15) is 11.8 Å². The zero-order valence-corrected chi connectivity index (χ0v) is 10.8. The second kappa shape index (κ2) is 9.04. The van der Waals surface area contributed by atoms with Gasteiger partial charge in [-0.25, -0.2) is 0 Å². The maximum absolute atomic E-state index is 11.2. The number of ether oxygens (including phenoxy) is 1. The van der Waals surface area contributed by atoms with Crippen LogP contribution in [-0.2, 0) is 9.53 Å². The van der Waals surface area contributed by atoms with Crippen molar-refractivity contribution in [2.24, 2.45) is 11.7 Å². The van der Waals surface area contributed by atoms with E-state index in [9.17, 15) is 4.79 Å². The number of carbonyl (C=O) groups is 1. The molecule has 0 aliphatic heterocycles. The molecule has 0 radical (unpaired) electrons. The normalized spacial score (nSPS) is 12.9. The maximum atomic E-state index is 11.2. The van der Waals surface area contributed by atoms with E-state index in [2.05, 4.69) is 13.8 Å². The first-order valence-electron chi connectivity index (χ1n) is 5.65. The molecule has 0 heterocycles. The van der Waals surface area contributed by atoms with Gasteiger partial charge in [0.15, 0.2) is 0 Å². The van der Waals surface area contributed by atoms with E-state index in [0.29, 0.717) is 12.4 Å². The third kappa shape index (κ3) is 6.79. The van der Waals surface area contributed by atoms with Gasteiger partial charge < -0.3 is 10.5 Å². The summed E-state index contributed by atoms with van der Waals surface area (Å²) < 4.78 is 4.84. The van der Waals surface area contributed by atoms with Gasteiger partial charge in [0.25, 0.3) is 0 Å². The van der Waals surface area contributed by atoms with Gasteiger partial charge in [0.1, 0.15) is 6.04 Å². The number of esters is 1. The molecular weight excluding hydrogens is 210 g/mol. The molecule has 0 saturated heterocycles. The minimum atomic E-state index is -0.468. The van der Waals surface area contributed by atoms with Gasteiger partial charge in [-0.1, -0.05) is 26.7 Å². The average molecular weight is 233 g/mol. The number of hydrogen-bond acceptors (Lipinski definition) is 4. The Labute approximate surface area is 97.1 Å². The van der Waals surface area contributed by atoms with Gasteiger partial charge in [0.2, 0.25) is 0 Å². The van der Waals surface area contributed by atoms with Crippen molar-refractivity contribution in [3.8, 4) is 0 Å². The van der Waals surface area contributed by atoms with Crippen molar-refractivity contribution >= 4 is 17.7 Å². The summed E-state index contributed by atoms with van der Waals surface area (Å²) in [6, 6.07) is -0.468. The third-order valence-corrected chi connectivity index (χ3v) is 3.70. The molecule has 90 valence electrons. The minimum absolute atomic E-state index is 0.283. The predicted octanol–water partition coefficient (Wildman–Crippen LogP) is 2.05. The summed E-state index contributed by atoms with van der Waals surface area (Å²) in [5.41, 5.74) is 5.68. The Morgan fingerprint density at radius 1 is 1.27 bits per heavy atom. The zero-order chi connectivity index (χ0) is 11.7. The van der Waals surface area contributed by atoms with E-state index in [1.165, 1.54) is 12.8 Å². The molecule has 4 heteroatoms. The SMILES string of the molecule is CCOC(=O)C(N)CSCC(CC)CC. The highest BCUT2D eigenvalue weighted by atomic mass is 32.2. The zero-order valence-electron chi connectivity index (χ0n) is 9.99. The number of hydrogen-bond donors (Lipinski definition) is 1. The van der Waals surface area contributed by atoms with Crippen molar-refractivity contribution in [3.05, 3.63) is 0 Å². The summed E-state index contributed by atoms with van der Waals surface area (Å²) in [6.45, 7) is 6.59. The average Bonchev–Trinajstić information content (AvgIpc) is 2.24. The largest absolute Gasteiger partial charge is 0.465 e. The third-order valence-electron chi connectivity index (χ3n) is 2.40. The number of thioether (sulfide) groups is 1. The quantitative estimate of drug-likeness (QED) is 0.652. The topological polar surface area (TPSA) is 52.3 Å². The molecule has 1 unspecified atom stereocenters. The molecule has 0 saturated carbocycles. The second-order valence-electron chi connectivity index (χ2n) is 3.58. The lowest BCUT2D eigenvalue weighted by Gasteiger charge is -2.13. The lowest BCUT2D eigenvalue weighted by Crippen LogP contribution is -2.34. The summed E-state index contributed by atoms with van der Waals surface area (Å²) in [5, 5.41) is 0. The van der Waals surface area contributed by atoms with Crippen molar-refractivity contribution in [1.29, 1.82) is 0 Å². The van der Waals surface area contributed by atoms with E-state index in [4.69, 9.17) is 10.5 Å². The summed E-state index contributed by atoms with van der Waals surface area (Å²) >= 11 is 1.75. The van der Waals surface area contributed by atoms with Crippen molar-refractivity contribution in [3.63, 3.8) is 0 Å². The fraction of sp³-hybridized carbons (Fsp3) is 0.909. The Kier molecular flexibility index (Phi) is 8.91. The van der Waals surface area contributed by atoms with Gasteiger partial charge >= 0.3 is 5.97 Å². The molecule has 0 bridgehead atoms. The monoisotopic (exact) mass is 233 g/mol. The molecule has 0 aromatic carbocycles. The molecule has 0 aromatic rings. The highest BCUT2D eigenvalue weighted by Gasteiger charge is 2.14. The predicted molar refractivity (Wildman–Crippen MR) is 66.0 cm³/mol. The van der Waals surface area contributed by atoms with Gasteiger partial charge in [-0.05, 0) is 18.6 Å². The smallest absolute Gasteiger partial charge is 0.323 e. The van der Waals surface area contributed by atoms with Gasteiger partial charge in [-0.15, -0.1) is 0 Å². The van der Waals surface area contributed by atoms with E-state index in [-0.39, 0.29) is 5.97 Å². The Morgan fingerprint density at radius 2 is 1.87 bits per heavy atom. The highest BCUT2D eigenvalue weighted by Crippen LogP contribution is 2.15. The Morgan fingerprint density at radius 3 is 2.33 bits per heavy atom. The van der Waals surface area contributed by atoms with Crippen LogP contribution in [0.4, 0.5) is 0 Å². The molecule has 0 aliphatic carbocycles. The molecule has 15 heavy (non-hydrogen) atoms. The van der Waals surface area contributed by atoms with Crippen molar-refractivity contribution in [2.75, 3.05) is 18.1 Å². The fourth-order valence-electron chi connectivity index (χ4n) is 1.20. The van der Waals surface area contributed by atoms with E-state index >= 15 is 0 Å². The Bertz CT molecular complexity index is 172. The summed E-state index contributed by atoms with van der Waals surface area (Å²) in [4.78, 5) is 11.2. The molecule has 0 aromatic heterocycles. The number of rotatable bonds is 8. The Hall–Kier alpha value is -0.220. The van der Waals surface area contributed by atoms with Crippen LogP contribution in [0.3, 0.4) is 0 Å². The number of carbonyl (C=O) groups excluding carboxylic acids is 1. The summed E-state index contributed by atoms with van der Waals surface area (Å²) in [6.07, 6.45) is 2.39. The van der Waals surface area contributed by atoms with Crippen molar-refractivity contribution < 1.29 is 9.53 Å². The molecular formula is C11H23NO2S. The van der Waals surface area contributed by atoms with Crippen LogP contribution in [0.5, 0.6) is 0 Å². The van der Waals surface area contributed by atoms with Crippen LogP contribution in [0, 0.1) is 5.92 Å². The van der Waals surface area contributed by atoms with Gasteiger partial charge in [0.05, 0.1) is 6.61 Å². The summed E-state index contributed by atoms with van der Waals surface area (Å²) in [7, 11) is 0. The van der Waals surface area contributed by atoms with E-state index < -0.39 is 6.04 Å².